The minimum atomic E-state index is -0.0461. The zero-order valence-electron chi connectivity index (χ0n) is 8.85. The Kier molecular flexibility index (Phi) is 4.98. The average Bonchev–Trinajstić information content (AvgIpc) is 2.30. The van der Waals surface area contributed by atoms with Crippen LogP contribution in [0, 0.1) is 0 Å². The predicted octanol–water partition coefficient (Wildman–Crippen LogP) is 2.57. The van der Waals surface area contributed by atoms with Gasteiger partial charge in [0, 0.05) is 18.0 Å². The average molecular weight is 221 g/mol. The molecule has 0 aliphatic heterocycles. The number of thioether (sulfide) groups is 1. The van der Waals surface area contributed by atoms with Gasteiger partial charge in [0.2, 0.25) is 5.91 Å². The molecule has 0 spiro atoms. The molecule has 0 bridgehead atoms. The third kappa shape index (κ3) is 3.44. The van der Waals surface area contributed by atoms with Gasteiger partial charge in [-0.3, -0.25) is 4.79 Å². The van der Waals surface area contributed by atoms with Gasteiger partial charge in [-0.2, -0.15) is 11.8 Å². The number of rotatable bonds is 5. The summed E-state index contributed by atoms with van der Waals surface area (Å²) in [5.41, 5.74) is 0.927. The predicted molar refractivity (Wildman–Crippen MR) is 67.4 cm³/mol. The fourth-order valence-corrected chi connectivity index (χ4v) is 1.63. The van der Waals surface area contributed by atoms with Crippen LogP contribution in [0.3, 0.4) is 0 Å². The summed E-state index contributed by atoms with van der Waals surface area (Å²) in [6.07, 6.45) is 3.38. The molecule has 15 heavy (non-hydrogen) atoms. The molecule has 0 unspecified atom stereocenters. The maximum absolute atomic E-state index is 11.6. The quantitative estimate of drug-likeness (QED) is 0.712. The summed E-state index contributed by atoms with van der Waals surface area (Å²) in [4.78, 5) is 13.4. The lowest BCUT2D eigenvalue weighted by Gasteiger charge is -2.20. The van der Waals surface area contributed by atoms with E-state index in [4.69, 9.17) is 0 Å². The van der Waals surface area contributed by atoms with Gasteiger partial charge in [0.05, 0.1) is 0 Å². The highest BCUT2D eigenvalue weighted by atomic mass is 32.2. The van der Waals surface area contributed by atoms with Crippen molar-refractivity contribution in [3.8, 4) is 0 Å². The molecule has 0 aliphatic carbocycles. The molecular weight excluding hydrogens is 206 g/mol. The molecule has 0 N–H and O–H groups in total. The van der Waals surface area contributed by atoms with E-state index in [0.29, 0.717) is 0 Å². The number of hydrogen-bond acceptors (Lipinski definition) is 2. The van der Waals surface area contributed by atoms with Crippen molar-refractivity contribution in [2.45, 2.75) is 0 Å². The first-order chi connectivity index (χ1) is 7.29. The fourth-order valence-electron chi connectivity index (χ4n) is 1.27. The van der Waals surface area contributed by atoms with Crippen molar-refractivity contribution in [1.82, 2.24) is 0 Å². The number of benzene rings is 1. The molecule has 80 valence electrons. The molecule has 0 saturated carbocycles. The van der Waals surface area contributed by atoms with Crippen LogP contribution in [0.4, 0.5) is 5.69 Å². The van der Waals surface area contributed by atoms with Gasteiger partial charge in [0.1, 0.15) is 0 Å². The van der Waals surface area contributed by atoms with Crippen LogP contribution in [0.2, 0.25) is 0 Å². The van der Waals surface area contributed by atoms with E-state index in [9.17, 15) is 4.79 Å². The van der Waals surface area contributed by atoms with Crippen molar-refractivity contribution in [2.75, 3.05) is 23.5 Å². The van der Waals surface area contributed by atoms with E-state index < -0.39 is 0 Å². The fraction of sp³-hybridized carbons (Fsp3) is 0.250. The number of hydrogen-bond donors (Lipinski definition) is 0. The van der Waals surface area contributed by atoms with Crippen LogP contribution >= 0.6 is 11.8 Å². The molecule has 1 aromatic carbocycles. The summed E-state index contributed by atoms with van der Waals surface area (Å²) < 4.78 is 0. The van der Waals surface area contributed by atoms with Crippen LogP contribution in [0.25, 0.3) is 0 Å². The standard InChI is InChI=1S/C12H15NOS/c1-3-12(14)13(9-10-15-2)11-7-5-4-6-8-11/h3-8H,1,9-10H2,2H3. The minimum Gasteiger partial charge on any atom is -0.308 e. The first kappa shape index (κ1) is 11.9. The first-order valence-corrected chi connectivity index (χ1v) is 6.17. The maximum atomic E-state index is 11.6. The minimum absolute atomic E-state index is 0.0461. The Morgan fingerprint density at radius 3 is 2.67 bits per heavy atom. The molecule has 2 nitrogen and oxygen atoms in total. The van der Waals surface area contributed by atoms with Gasteiger partial charge < -0.3 is 4.90 Å². The van der Waals surface area contributed by atoms with Crippen LogP contribution in [0.15, 0.2) is 43.0 Å². The number of anilines is 1. The number of nitrogens with zero attached hydrogens (tertiary/aromatic N) is 1. The molecule has 1 amide bonds. The lowest BCUT2D eigenvalue weighted by Crippen LogP contribution is -2.31. The smallest absolute Gasteiger partial charge is 0.250 e. The van der Waals surface area contributed by atoms with Crippen LogP contribution in [0.1, 0.15) is 0 Å². The molecule has 0 heterocycles. The van der Waals surface area contributed by atoms with Crippen molar-refractivity contribution in [2.24, 2.45) is 0 Å². The second-order valence-electron chi connectivity index (χ2n) is 3.02. The molecule has 3 heteroatoms. The van der Waals surface area contributed by atoms with E-state index in [0.717, 1.165) is 18.0 Å². The Morgan fingerprint density at radius 1 is 1.47 bits per heavy atom. The normalized spacial score (nSPS) is 9.67. The van der Waals surface area contributed by atoms with Gasteiger partial charge in [-0.25, -0.2) is 0 Å². The monoisotopic (exact) mass is 221 g/mol. The number of amides is 1. The molecule has 0 aliphatic rings. The number of para-hydroxylation sites is 1. The van der Waals surface area contributed by atoms with Gasteiger partial charge in [0.25, 0.3) is 0 Å². The number of carbonyl (C=O) groups is 1. The Balaban J connectivity index is 2.81. The maximum Gasteiger partial charge on any atom is 0.250 e. The van der Waals surface area contributed by atoms with Crippen LogP contribution in [0.5, 0.6) is 0 Å². The van der Waals surface area contributed by atoms with E-state index in [1.54, 1.807) is 16.7 Å². The van der Waals surface area contributed by atoms with Crippen molar-refractivity contribution in [1.29, 1.82) is 0 Å². The summed E-state index contributed by atoms with van der Waals surface area (Å²) in [6, 6.07) is 9.66. The zero-order chi connectivity index (χ0) is 11.1. The van der Waals surface area contributed by atoms with Crippen molar-refractivity contribution < 1.29 is 4.79 Å². The topological polar surface area (TPSA) is 20.3 Å². The van der Waals surface area contributed by atoms with Crippen LogP contribution in [-0.4, -0.2) is 24.5 Å². The summed E-state index contributed by atoms with van der Waals surface area (Å²) in [6.45, 7) is 4.24. The van der Waals surface area contributed by atoms with E-state index in [1.165, 1.54) is 6.08 Å². The highest BCUT2D eigenvalue weighted by Crippen LogP contribution is 2.14. The van der Waals surface area contributed by atoms with Crippen molar-refractivity contribution in [3.05, 3.63) is 43.0 Å². The third-order valence-electron chi connectivity index (χ3n) is 2.03. The second kappa shape index (κ2) is 6.30. The van der Waals surface area contributed by atoms with Gasteiger partial charge >= 0.3 is 0 Å². The van der Waals surface area contributed by atoms with Gasteiger partial charge in [-0.15, -0.1) is 0 Å². The SMILES string of the molecule is C=CC(=O)N(CCSC)c1ccccc1. The second-order valence-corrected chi connectivity index (χ2v) is 4.01. The first-order valence-electron chi connectivity index (χ1n) is 4.77. The third-order valence-corrected chi connectivity index (χ3v) is 2.62. The van der Waals surface area contributed by atoms with Crippen LogP contribution < -0.4 is 4.90 Å². The highest BCUT2D eigenvalue weighted by molar-refractivity contribution is 7.98. The highest BCUT2D eigenvalue weighted by Gasteiger charge is 2.10. The van der Waals surface area contributed by atoms with E-state index in [1.807, 2.05) is 36.6 Å². The largest absolute Gasteiger partial charge is 0.308 e. The Morgan fingerprint density at radius 2 is 2.13 bits per heavy atom. The molecule has 1 aromatic rings. The summed E-state index contributed by atoms with van der Waals surface area (Å²) in [5.74, 6) is 0.879. The summed E-state index contributed by atoms with van der Waals surface area (Å²) >= 11 is 1.72. The molecular formula is C12H15NOS. The Hall–Kier alpha value is -1.22. The molecule has 0 atom stereocenters. The van der Waals surface area contributed by atoms with Gasteiger partial charge in [0.15, 0.2) is 0 Å². The lowest BCUT2D eigenvalue weighted by molar-refractivity contribution is -0.114. The van der Waals surface area contributed by atoms with E-state index >= 15 is 0 Å². The number of carbonyl (C=O) groups excluding carboxylic acids is 1. The summed E-state index contributed by atoms with van der Waals surface area (Å²) in [7, 11) is 0. The van der Waals surface area contributed by atoms with Gasteiger partial charge in [-0.1, -0.05) is 24.8 Å². The van der Waals surface area contributed by atoms with Crippen molar-refractivity contribution in [3.63, 3.8) is 0 Å². The Bertz CT molecular complexity index is 324. The van der Waals surface area contributed by atoms with E-state index in [2.05, 4.69) is 6.58 Å². The molecule has 0 aromatic heterocycles. The lowest BCUT2D eigenvalue weighted by atomic mass is 10.3. The summed E-state index contributed by atoms with van der Waals surface area (Å²) in [5, 5.41) is 0. The molecule has 1 rings (SSSR count). The van der Waals surface area contributed by atoms with Gasteiger partial charge in [-0.05, 0) is 24.5 Å². The zero-order valence-corrected chi connectivity index (χ0v) is 9.67. The van der Waals surface area contributed by atoms with Crippen molar-refractivity contribution >= 4 is 23.4 Å². The molecule has 0 radical (unpaired) electrons. The molecule has 0 saturated heterocycles. The van der Waals surface area contributed by atoms with Crippen LogP contribution in [-0.2, 0) is 4.79 Å². The molecule has 0 fully saturated rings. The van der Waals surface area contributed by atoms with E-state index in [-0.39, 0.29) is 5.91 Å². The Labute approximate surface area is 95.0 Å².